The van der Waals surface area contributed by atoms with Gasteiger partial charge in [0.2, 0.25) is 0 Å². The first kappa shape index (κ1) is 13.2. The lowest BCUT2D eigenvalue weighted by Crippen LogP contribution is -2.20. The summed E-state index contributed by atoms with van der Waals surface area (Å²) in [6.07, 6.45) is 1.21. The van der Waals surface area contributed by atoms with Crippen molar-refractivity contribution in [1.29, 1.82) is 0 Å². The van der Waals surface area contributed by atoms with Crippen molar-refractivity contribution >= 4 is 16.4 Å². The van der Waals surface area contributed by atoms with E-state index in [9.17, 15) is 13.2 Å². The zero-order valence-electron chi connectivity index (χ0n) is 9.69. The molecule has 2 rings (SSSR count). The van der Waals surface area contributed by atoms with E-state index in [4.69, 9.17) is 8.92 Å². The smallest absolute Gasteiger partial charge is 0.297 e. The highest BCUT2D eigenvalue weighted by Crippen LogP contribution is 2.20. The number of benzene rings is 1. The SMILES string of the molecule is O=CC1CCC(COS(=O)(=O)c2ccccc2)O1. The fraction of sp³-hybridized carbons (Fsp3) is 0.417. The Labute approximate surface area is 106 Å². The molecular weight excluding hydrogens is 256 g/mol. The van der Waals surface area contributed by atoms with Crippen molar-refractivity contribution < 1.29 is 22.1 Å². The molecule has 5 nitrogen and oxygen atoms in total. The van der Waals surface area contributed by atoms with E-state index in [1.165, 1.54) is 12.1 Å². The average molecular weight is 270 g/mol. The first-order chi connectivity index (χ1) is 8.62. The zero-order valence-corrected chi connectivity index (χ0v) is 10.5. The number of hydrogen-bond acceptors (Lipinski definition) is 5. The molecule has 6 heteroatoms. The van der Waals surface area contributed by atoms with Gasteiger partial charge in [0.1, 0.15) is 12.4 Å². The quantitative estimate of drug-likeness (QED) is 0.592. The van der Waals surface area contributed by atoms with Crippen molar-refractivity contribution in [1.82, 2.24) is 0 Å². The summed E-state index contributed by atoms with van der Waals surface area (Å²) in [6, 6.07) is 7.93. The van der Waals surface area contributed by atoms with E-state index in [-0.39, 0.29) is 17.6 Å². The Balaban J connectivity index is 1.92. The monoisotopic (exact) mass is 270 g/mol. The van der Waals surface area contributed by atoms with Gasteiger partial charge in [0.05, 0.1) is 17.6 Å². The average Bonchev–Trinajstić information content (AvgIpc) is 2.86. The molecule has 1 aliphatic heterocycles. The molecule has 0 saturated carbocycles. The maximum Gasteiger partial charge on any atom is 0.297 e. The topological polar surface area (TPSA) is 69.7 Å². The van der Waals surface area contributed by atoms with Crippen LogP contribution < -0.4 is 0 Å². The van der Waals surface area contributed by atoms with Crippen molar-refractivity contribution in [3.05, 3.63) is 30.3 Å². The normalized spacial score (nSPS) is 24.0. The van der Waals surface area contributed by atoms with Crippen LogP contribution in [0.3, 0.4) is 0 Å². The van der Waals surface area contributed by atoms with Gasteiger partial charge in [-0.05, 0) is 25.0 Å². The summed E-state index contributed by atoms with van der Waals surface area (Å²) < 4.78 is 33.8. The Morgan fingerprint density at radius 3 is 2.61 bits per heavy atom. The molecule has 1 heterocycles. The van der Waals surface area contributed by atoms with Gasteiger partial charge >= 0.3 is 0 Å². The summed E-state index contributed by atoms with van der Waals surface area (Å²) in [6.45, 7) is -0.0540. The minimum Gasteiger partial charge on any atom is -0.365 e. The molecule has 0 aliphatic carbocycles. The fourth-order valence-electron chi connectivity index (χ4n) is 1.78. The molecule has 0 spiro atoms. The highest BCUT2D eigenvalue weighted by atomic mass is 32.2. The van der Waals surface area contributed by atoms with Crippen LogP contribution in [-0.4, -0.2) is 33.5 Å². The van der Waals surface area contributed by atoms with Crippen LogP contribution in [0.5, 0.6) is 0 Å². The number of carbonyl (C=O) groups excluding carboxylic acids is 1. The van der Waals surface area contributed by atoms with E-state index >= 15 is 0 Å². The molecule has 18 heavy (non-hydrogen) atoms. The van der Waals surface area contributed by atoms with Crippen LogP contribution in [0.2, 0.25) is 0 Å². The molecular formula is C12H14O5S. The molecule has 1 aromatic rings. The van der Waals surface area contributed by atoms with E-state index in [0.29, 0.717) is 12.8 Å². The van der Waals surface area contributed by atoms with Crippen molar-refractivity contribution in [2.75, 3.05) is 6.61 Å². The van der Waals surface area contributed by atoms with Crippen LogP contribution in [0.1, 0.15) is 12.8 Å². The molecule has 0 aromatic heterocycles. The molecule has 0 bridgehead atoms. The molecule has 0 amide bonds. The standard InChI is InChI=1S/C12H14O5S/c13-8-10-6-7-11(17-10)9-16-18(14,15)12-4-2-1-3-5-12/h1-5,8,10-11H,6-7,9H2. The van der Waals surface area contributed by atoms with Gasteiger partial charge in [-0.1, -0.05) is 18.2 Å². The second-order valence-electron chi connectivity index (χ2n) is 4.06. The summed E-state index contributed by atoms with van der Waals surface area (Å²) in [4.78, 5) is 10.6. The van der Waals surface area contributed by atoms with Gasteiger partial charge in [-0.15, -0.1) is 0 Å². The van der Waals surface area contributed by atoms with E-state index in [1.54, 1.807) is 18.2 Å². The van der Waals surface area contributed by atoms with E-state index in [1.807, 2.05) is 0 Å². The van der Waals surface area contributed by atoms with E-state index in [2.05, 4.69) is 0 Å². The molecule has 2 unspecified atom stereocenters. The summed E-state index contributed by atoms with van der Waals surface area (Å²) in [5.74, 6) is 0. The maximum atomic E-state index is 11.8. The van der Waals surface area contributed by atoms with Crippen LogP contribution in [0, 0.1) is 0 Å². The van der Waals surface area contributed by atoms with Gasteiger partial charge in [-0.25, -0.2) is 0 Å². The molecule has 1 aromatic carbocycles. The van der Waals surface area contributed by atoms with Crippen LogP contribution in [0.15, 0.2) is 35.2 Å². The van der Waals surface area contributed by atoms with Gasteiger partial charge in [-0.3, -0.25) is 4.18 Å². The van der Waals surface area contributed by atoms with Crippen molar-refractivity contribution in [3.8, 4) is 0 Å². The number of carbonyl (C=O) groups is 1. The van der Waals surface area contributed by atoms with E-state index < -0.39 is 16.2 Å². The van der Waals surface area contributed by atoms with Gasteiger partial charge in [0.25, 0.3) is 10.1 Å². The van der Waals surface area contributed by atoms with E-state index in [0.717, 1.165) is 6.29 Å². The minimum absolute atomic E-state index is 0.0540. The van der Waals surface area contributed by atoms with Crippen molar-refractivity contribution in [3.63, 3.8) is 0 Å². The van der Waals surface area contributed by atoms with Crippen LogP contribution >= 0.6 is 0 Å². The lowest BCUT2D eigenvalue weighted by molar-refractivity contribution is -0.117. The molecule has 98 valence electrons. The largest absolute Gasteiger partial charge is 0.365 e. The predicted molar refractivity (Wildman–Crippen MR) is 63.5 cm³/mol. The summed E-state index contributed by atoms with van der Waals surface area (Å²) in [7, 11) is -3.74. The fourth-order valence-corrected chi connectivity index (χ4v) is 2.73. The third-order valence-corrected chi connectivity index (χ3v) is 4.03. The van der Waals surface area contributed by atoms with Crippen LogP contribution in [0.4, 0.5) is 0 Å². The summed E-state index contributed by atoms with van der Waals surface area (Å²) in [5, 5.41) is 0. The van der Waals surface area contributed by atoms with Crippen LogP contribution in [-0.2, 0) is 23.8 Å². The molecule has 1 fully saturated rings. The summed E-state index contributed by atoms with van der Waals surface area (Å²) in [5.41, 5.74) is 0. The number of aldehydes is 1. The second-order valence-corrected chi connectivity index (χ2v) is 5.68. The Bertz CT molecular complexity index is 496. The predicted octanol–water partition coefficient (Wildman–Crippen LogP) is 1.14. The minimum atomic E-state index is -3.74. The highest BCUT2D eigenvalue weighted by molar-refractivity contribution is 7.86. The molecule has 1 saturated heterocycles. The molecule has 1 aliphatic rings. The highest BCUT2D eigenvalue weighted by Gasteiger charge is 2.27. The Hall–Kier alpha value is -1.24. The first-order valence-corrected chi connectivity index (χ1v) is 7.08. The van der Waals surface area contributed by atoms with Gasteiger partial charge in [0, 0.05) is 0 Å². The Kier molecular flexibility index (Phi) is 4.11. The number of rotatable bonds is 5. The summed E-state index contributed by atoms with van der Waals surface area (Å²) >= 11 is 0. The first-order valence-electron chi connectivity index (χ1n) is 5.67. The van der Waals surface area contributed by atoms with Crippen LogP contribution in [0.25, 0.3) is 0 Å². The number of ether oxygens (including phenoxy) is 1. The van der Waals surface area contributed by atoms with Crippen molar-refractivity contribution in [2.24, 2.45) is 0 Å². The number of hydrogen-bond donors (Lipinski definition) is 0. The third-order valence-electron chi connectivity index (χ3n) is 2.73. The molecule has 0 N–H and O–H groups in total. The molecule has 2 atom stereocenters. The van der Waals surface area contributed by atoms with Crippen molar-refractivity contribution in [2.45, 2.75) is 29.9 Å². The van der Waals surface area contributed by atoms with Gasteiger partial charge in [0.15, 0.2) is 0 Å². The third kappa shape index (κ3) is 3.16. The second kappa shape index (κ2) is 5.60. The maximum absolute atomic E-state index is 11.8. The van der Waals surface area contributed by atoms with Gasteiger partial charge in [-0.2, -0.15) is 8.42 Å². The lowest BCUT2D eigenvalue weighted by atomic mass is 10.2. The lowest BCUT2D eigenvalue weighted by Gasteiger charge is -2.11. The Morgan fingerprint density at radius 2 is 2.00 bits per heavy atom. The zero-order chi connectivity index (χ0) is 13.0. The molecule has 0 radical (unpaired) electrons. The Morgan fingerprint density at radius 1 is 1.28 bits per heavy atom. The van der Waals surface area contributed by atoms with Gasteiger partial charge < -0.3 is 9.53 Å².